The standard InChI is InChI=1S/C14H23ClN2O/c1-4-18-10-9-17(3)14(11(2)16)12-7-5-6-8-13(12)15/h5-8,11,14H,4,9-10,16H2,1-3H3. The van der Waals surface area contributed by atoms with E-state index in [2.05, 4.69) is 11.9 Å². The molecule has 4 heteroatoms. The molecular weight excluding hydrogens is 248 g/mol. The molecule has 3 nitrogen and oxygen atoms in total. The van der Waals surface area contributed by atoms with Crippen LogP contribution in [0.25, 0.3) is 0 Å². The molecule has 1 rings (SSSR count). The predicted octanol–water partition coefficient (Wildman–Crippen LogP) is 2.70. The summed E-state index contributed by atoms with van der Waals surface area (Å²) in [5.41, 5.74) is 7.18. The summed E-state index contributed by atoms with van der Waals surface area (Å²) in [5, 5.41) is 0.767. The van der Waals surface area contributed by atoms with Crippen molar-refractivity contribution in [2.24, 2.45) is 5.73 Å². The first-order valence-electron chi connectivity index (χ1n) is 6.36. The van der Waals surface area contributed by atoms with E-state index in [1.165, 1.54) is 0 Å². The smallest absolute Gasteiger partial charge is 0.0593 e. The number of likely N-dealkylation sites (N-methyl/N-ethyl adjacent to an activating group) is 1. The van der Waals surface area contributed by atoms with Gasteiger partial charge in [-0.2, -0.15) is 0 Å². The van der Waals surface area contributed by atoms with Gasteiger partial charge in [0.2, 0.25) is 0 Å². The van der Waals surface area contributed by atoms with Crippen molar-refractivity contribution < 1.29 is 4.74 Å². The van der Waals surface area contributed by atoms with E-state index in [4.69, 9.17) is 22.1 Å². The molecule has 0 fully saturated rings. The van der Waals surface area contributed by atoms with Crippen LogP contribution in [-0.2, 0) is 4.74 Å². The summed E-state index contributed by atoms with van der Waals surface area (Å²) >= 11 is 6.25. The quantitative estimate of drug-likeness (QED) is 0.775. The van der Waals surface area contributed by atoms with Crippen molar-refractivity contribution in [3.05, 3.63) is 34.9 Å². The van der Waals surface area contributed by atoms with Gasteiger partial charge in [-0.05, 0) is 32.5 Å². The van der Waals surface area contributed by atoms with E-state index < -0.39 is 0 Å². The van der Waals surface area contributed by atoms with Crippen molar-refractivity contribution in [2.75, 3.05) is 26.8 Å². The Bertz CT molecular complexity index is 357. The lowest BCUT2D eigenvalue weighted by Gasteiger charge is -2.32. The third-order valence-electron chi connectivity index (χ3n) is 2.99. The lowest BCUT2D eigenvalue weighted by Crippen LogP contribution is -2.39. The van der Waals surface area contributed by atoms with E-state index in [0.29, 0.717) is 6.61 Å². The van der Waals surface area contributed by atoms with Gasteiger partial charge in [-0.1, -0.05) is 29.8 Å². The fourth-order valence-electron chi connectivity index (χ4n) is 2.13. The van der Waals surface area contributed by atoms with Crippen molar-refractivity contribution in [3.63, 3.8) is 0 Å². The minimum atomic E-state index is 0.0107. The summed E-state index contributed by atoms with van der Waals surface area (Å²) in [6.07, 6.45) is 0. The van der Waals surface area contributed by atoms with Gasteiger partial charge in [0.1, 0.15) is 0 Å². The monoisotopic (exact) mass is 270 g/mol. The molecule has 0 aliphatic carbocycles. The molecule has 0 amide bonds. The third kappa shape index (κ3) is 4.25. The zero-order valence-corrected chi connectivity index (χ0v) is 12.2. The second-order valence-electron chi connectivity index (χ2n) is 4.50. The molecule has 2 N–H and O–H groups in total. The van der Waals surface area contributed by atoms with Crippen LogP contribution in [0, 0.1) is 0 Å². The summed E-state index contributed by atoms with van der Waals surface area (Å²) in [5.74, 6) is 0. The van der Waals surface area contributed by atoms with E-state index in [0.717, 1.165) is 23.7 Å². The van der Waals surface area contributed by atoms with Gasteiger partial charge in [-0.15, -0.1) is 0 Å². The SMILES string of the molecule is CCOCCN(C)C(c1ccccc1Cl)C(C)N. The molecule has 2 unspecified atom stereocenters. The van der Waals surface area contributed by atoms with Gasteiger partial charge in [0.15, 0.2) is 0 Å². The molecule has 1 aromatic carbocycles. The van der Waals surface area contributed by atoms with Crippen molar-refractivity contribution in [2.45, 2.75) is 25.9 Å². The first-order chi connectivity index (χ1) is 8.57. The molecule has 0 aliphatic heterocycles. The van der Waals surface area contributed by atoms with Crippen LogP contribution >= 0.6 is 11.6 Å². The molecule has 1 aromatic rings. The molecule has 102 valence electrons. The molecule has 0 heterocycles. The molecule has 0 radical (unpaired) electrons. The Morgan fingerprint density at radius 1 is 1.39 bits per heavy atom. The number of hydrogen-bond acceptors (Lipinski definition) is 3. The largest absolute Gasteiger partial charge is 0.380 e. The number of hydrogen-bond donors (Lipinski definition) is 1. The fourth-order valence-corrected chi connectivity index (χ4v) is 2.38. The highest BCUT2D eigenvalue weighted by molar-refractivity contribution is 6.31. The highest BCUT2D eigenvalue weighted by Gasteiger charge is 2.22. The molecule has 0 saturated heterocycles. The maximum atomic E-state index is 6.25. The zero-order chi connectivity index (χ0) is 13.5. The predicted molar refractivity (Wildman–Crippen MR) is 77.0 cm³/mol. The Morgan fingerprint density at radius 2 is 2.06 bits per heavy atom. The van der Waals surface area contributed by atoms with Crippen LogP contribution in [0.1, 0.15) is 25.5 Å². The van der Waals surface area contributed by atoms with Gasteiger partial charge in [0.05, 0.1) is 12.6 Å². The lowest BCUT2D eigenvalue weighted by atomic mass is 9.99. The second kappa shape index (κ2) is 7.74. The van der Waals surface area contributed by atoms with Crippen LogP contribution in [0.15, 0.2) is 24.3 Å². The Kier molecular flexibility index (Phi) is 6.65. The average molecular weight is 271 g/mol. The van der Waals surface area contributed by atoms with Crippen molar-refractivity contribution >= 4 is 11.6 Å². The van der Waals surface area contributed by atoms with Gasteiger partial charge in [0, 0.05) is 24.2 Å². The number of halogens is 1. The van der Waals surface area contributed by atoms with Crippen molar-refractivity contribution in [3.8, 4) is 0 Å². The molecule has 0 aromatic heterocycles. The summed E-state index contributed by atoms with van der Waals surface area (Å²) in [6.45, 7) is 6.29. The van der Waals surface area contributed by atoms with Crippen molar-refractivity contribution in [1.29, 1.82) is 0 Å². The molecule has 2 atom stereocenters. The Hall–Kier alpha value is -0.610. The average Bonchev–Trinajstić information content (AvgIpc) is 2.32. The Morgan fingerprint density at radius 3 is 2.61 bits per heavy atom. The number of rotatable bonds is 7. The molecule has 0 spiro atoms. The van der Waals surface area contributed by atoms with Crippen LogP contribution in [0.5, 0.6) is 0 Å². The number of nitrogens with two attached hydrogens (primary N) is 1. The normalized spacial score (nSPS) is 14.8. The number of benzene rings is 1. The highest BCUT2D eigenvalue weighted by atomic mass is 35.5. The lowest BCUT2D eigenvalue weighted by molar-refractivity contribution is 0.102. The first kappa shape index (κ1) is 15.4. The topological polar surface area (TPSA) is 38.5 Å². The van der Waals surface area contributed by atoms with Crippen LogP contribution in [-0.4, -0.2) is 37.7 Å². The highest BCUT2D eigenvalue weighted by Crippen LogP contribution is 2.28. The van der Waals surface area contributed by atoms with Crippen molar-refractivity contribution in [1.82, 2.24) is 4.90 Å². The van der Waals surface area contributed by atoms with Crippen LogP contribution < -0.4 is 5.73 Å². The fraction of sp³-hybridized carbons (Fsp3) is 0.571. The maximum absolute atomic E-state index is 6.25. The van der Waals surface area contributed by atoms with Gasteiger partial charge < -0.3 is 10.5 Å². The summed E-state index contributed by atoms with van der Waals surface area (Å²) in [7, 11) is 2.05. The van der Waals surface area contributed by atoms with E-state index in [-0.39, 0.29) is 12.1 Å². The van der Waals surface area contributed by atoms with Crippen LogP contribution in [0.4, 0.5) is 0 Å². The Labute approximate surface area is 115 Å². The minimum absolute atomic E-state index is 0.0107. The third-order valence-corrected chi connectivity index (χ3v) is 3.33. The maximum Gasteiger partial charge on any atom is 0.0593 e. The molecule has 0 bridgehead atoms. The van der Waals surface area contributed by atoms with Gasteiger partial charge in [-0.25, -0.2) is 0 Å². The van der Waals surface area contributed by atoms with E-state index >= 15 is 0 Å². The van der Waals surface area contributed by atoms with E-state index in [9.17, 15) is 0 Å². The summed E-state index contributed by atoms with van der Waals surface area (Å²) in [4.78, 5) is 2.20. The molecular formula is C14H23ClN2O. The van der Waals surface area contributed by atoms with E-state index in [1.54, 1.807) is 0 Å². The second-order valence-corrected chi connectivity index (χ2v) is 4.91. The van der Waals surface area contributed by atoms with Gasteiger partial charge >= 0.3 is 0 Å². The number of ether oxygens (including phenoxy) is 1. The van der Waals surface area contributed by atoms with Crippen LogP contribution in [0.3, 0.4) is 0 Å². The molecule has 0 aliphatic rings. The van der Waals surface area contributed by atoms with E-state index in [1.807, 2.05) is 38.1 Å². The van der Waals surface area contributed by atoms with Gasteiger partial charge in [0.25, 0.3) is 0 Å². The summed E-state index contributed by atoms with van der Waals surface area (Å²) < 4.78 is 5.38. The Balaban J connectivity index is 2.79. The number of nitrogens with zero attached hydrogens (tertiary/aromatic N) is 1. The van der Waals surface area contributed by atoms with Crippen LogP contribution in [0.2, 0.25) is 5.02 Å². The first-order valence-corrected chi connectivity index (χ1v) is 6.73. The zero-order valence-electron chi connectivity index (χ0n) is 11.4. The minimum Gasteiger partial charge on any atom is -0.380 e. The molecule has 18 heavy (non-hydrogen) atoms. The molecule has 0 saturated carbocycles. The van der Waals surface area contributed by atoms with Gasteiger partial charge in [-0.3, -0.25) is 4.90 Å². The summed E-state index contributed by atoms with van der Waals surface area (Å²) in [6, 6.07) is 7.99.